The second-order valence-corrected chi connectivity index (χ2v) is 3.60. The Morgan fingerprint density at radius 3 is 2.41 bits per heavy atom. The van der Waals surface area contributed by atoms with Gasteiger partial charge in [0.05, 0.1) is 5.02 Å². The van der Waals surface area contributed by atoms with Crippen LogP contribution in [0, 0.1) is 0 Å². The molecule has 2 unspecified atom stereocenters. The summed E-state index contributed by atoms with van der Waals surface area (Å²) in [6.45, 7) is 0. The summed E-state index contributed by atoms with van der Waals surface area (Å²) >= 11 is 5.60. The average Bonchev–Trinajstić information content (AvgIpc) is 2.26. The van der Waals surface area contributed by atoms with Gasteiger partial charge in [-0.1, -0.05) is 11.6 Å². The number of aromatic nitrogens is 1. The molecule has 2 atom stereocenters. The third-order valence-electron chi connectivity index (χ3n) is 2.00. The maximum absolute atomic E-state index is 10.6. The molecule has 5 N–H and O–H groups in total. The van der Waals surface area contributed by atoms with Gasteiger partial charge in [-0.2, -0.15) is 0 Å². The van der Waals surface area contributed by atoms with Crippen LogP contribution < -0.4 is 5.73 Å². The highest BCUT2D eigenvalue weighted by Gasteiger charge is 2.25. The van der Waals surface area contributed by atoms with Crippen molar-refractivity contribution in [1.29, 1.82) is 0 Å². The third kappa shape index (κ3) is 2.90. The first-order valence-electron chi connectivity index (χ1n) is 4.38. The van der Waals surface area contributed by atoms with E-state index in [4.69, 9.17) is 22.4 Å². The lowest BCUT2D eigenvalue weighted by Crippen LogP contribution is -2.33. The molecule has 1 amide bonds. The predicted octanol–water partition coefficient (Wildman–Crippen LogP) is -0.687. The molecule has 0 fully saturated rings. The normalized spacial score (nSPS) is 14.1. The maximum Gasteiger partial charge on any atom is 0.356 e. The summed E-state index contributed by atoms with van der Waals surface area (Å²) in [7, 11) is 0. The largest absolute Gasteiger partial charge is 0.476 e. The molecule has 1 rings (SSSR count). The van der Waals surface area contributed by atoms with Crippen LogP contribution in [0.3, 0.4) is 0 Å². The number of rotatable bonds is 4. The second-order valence-electron chi connectivity index (χ2n) is 3.20. The van der Waals surface area contributed by atoms with Gasteiger partial charge in [-0.3, -0.25) is 4.79 Å². The summed E-state index contributed by atoms with van der Waals surface area (Å²) in [5.41, 5.74) is 4.39. The number of carbonyl (C=O) groups excluding carboxylic acids is 1. The van der Waals surface area contributed by atoms with Crippen LogP contribution in [0.2, 0.25) is 5.02 Å². The number of carboxylic acid groups (broad SMARTS) is 1. The van der Waals surface area contributed by atoms with Gasteiger partial charge in [-0.15, -0.1) is 0 Å². The Kier molecular flexibility index (Phi) is 4.00. The van der Waals surface area contributed by atoms with Gasteiger partial charge in [0, 0.05) is 11.8 Å². The van der Waals surface area contributed by atoms with Crippen molar-refractivity contribution in [3.05, 3.63) is 28.5 Å². The number of halogens is 1. The standard InChI is InChI=1S/C9H9ClN2O5/c10-4-1-3(2-12-5(4)9(16)17)6(13)7(14)8(11)15/h1-2,6-7,13-14H,(H2,11,15)(H,16,17). The number of aromatic carboxylic acids is 1. The van der Waals surface area contributed by atoms with Crippen molar-refractivity contribution >= 4 is 23.5 Å². The summed E-state index contributed by atoms with van der Waals surface area (Å²) in [5, 5.41) is 27.2. The number of carboxylic acids is 1. The van der Waals surface area contributed by atoms with Crippen molar-refractivity contribution in [3.63, 3.8) is 0 Å². The number of hydrogen-bond donors (Lipinski definition) is 4. The van der Waals surface area contributed by atoms with Gasteiger partial charge in [-0.05, 0) is 6.07 Å². The first-order chi connectivity index (χ1) is 7.84. The Morgan fingerprint density at radius 1 is 1.41 bits per heavy atom. The lowest BCUT2D eigenvalue weighted by Gasteiger charge is -2.15. The maximum atomic E-state index is 10.6. The zero-order chi connectivity index (χ0) is 13.2. The van der Waals surface area contributed by atoms with E-state index in [0.29, 0.717) is 0 Å². The fourth-order valence-corrected chi connectivity index (χ4v) is 1.37. The Morgan fingerprint density at radius 2 is 2.00 bits per heavy atom. The molecule has 0 spiro atoms. The van der Waals surface area contributed by atoms with E-state index in [1.54, 1.807) is 0 Å². The quantitative estimate of drug-likeness (QED) is 0.566. The van der Waals surface area contributed by atoms with Crippen LogP contribution in [0.15, 0.2) is 12.3 Å². The van der Waals surface area contributed by atoms with Gasteiger partial charge in [-0.25, -0.2) is 9.78 Å². The summed E-state index contributed by atoms with van der Waals surface area (Å²) in [4.78, 5) is 24.7. The molecule has 0 saturated carbocycles. The number of pyridine rings is 1. The van der Waals surface area contributed by atoms with Crippen LogP contribution in [0.5, 0.6) is 0 Å². The zero-order valence-electron chi connectivity index (χ0n) is 8.37. The van der Waals surface area contributed by atoms with Crippen molar-refractivity contribution in [2.45, 2.75) is 12.2 Å². The third-order valence-corrected chi connectivity index (χ3v) is 2.29. The average molecular weight is 261 g/mol. The minimum Gasteiger partial charge on any atom is -0.476 e. The molecule has 92 valence electrons. The predicted molar refractivity (Wildman–Crippen MR) is 56.4 cm³/mol. The van der Waals surface area contributed by atoms with Crippen LogP contribution in [0.1, 0.15) is 22.2 Å². The van der Waals surface area contributed by atoms with Crippen LogP contribution in [-0.4, -0.2) is 38.3 Å². The van der Waals surface area contributed by atoms with Crippen molar-refractivity contribution in [2.24, 2.45) is 5.73 Å². The van der Waals surface area contributed by atoms with Gasteiger partial charge in [0.1, 0.15) is 6.10 Å². The highest BCUT2D eigenvalue weighted by molar-refractivity contribution is 6.33. The Balaban J connectivity index is 3.05. The number of aliphatic hydroxyl groups is 2. The molecule has 1 aromatic heterocycles. The van der Waals surface area contributed by atoms with E-state index < -0.39 is 29.8 Å². The van der Waals surface area contributed by atoms with Gasteiger partial charge in [0.25, 0.3) is 0 Å². The molecule has 0 radical (unpaired) electrons. The molecule has 8 heteroatoms. The molecule has 0 bridgehead atoms. The second kappa shape index (κ2) is 5.09. The molecular formula is C9H9ClN2O5. The molecule has 0 aliphatic rings. The summed E-state index contributed by atoms with van der Waals surface area (Å²) in [6.07, 6.45) is -2.43. The summed E-state index contributed by atoms with van der Waals surface area (Å²) in [5.74, 6) is -2.44. The van der Waals surface area contributed by atoms with Crippen LogP contribution >= 0.6 is 11.6 Å². The smallest absolute Gasteiger partial charge is 0.356 e. The first-order valence-corrected chi connectivity index (χ1v) is 4.76. The van der Waals surface area contributed by atoms with Gasteiger partial charge >= 0.3 is 5.97 Å². The SMILES string of the molecule is NC(=O)C(O)C(O)c1cnc(C(=O)O)c(Cl)c1. The van der Waals surface area contributed by atoms with E-state index >= 15 is 0 Å². The fourth-order valence-electron chi connectivity index (χ4n) is 1.11. The van der Waals surface area contributed by atoms with E-state index in [1.165, 1.54) is 0 Å². The molecule has 0 aliphatic carbocycles. The molecule has 0 saturated heterocycles. The number of aliphatic hydroxyl groups excluding tert-OH is 2. The van der Waals surface area contributed by atoms with Gasteiger partial charge in [0.2, 0.25) is 5.91 Å². The minimum atomic E-state index is -1.82. The summed E-state index contributed by atoms with van der Waals surface area (Å²) in [6, 6.07) is 1.09. The fraction of sp³-hybridized carbons (Fsp3) is 0.222. The van der Waals surface area contributed by atoms with Crippen molar-refractivity contribution in [2.75, 3.05) is 0 Å². The van der Waals surface area contributed by atoms with E-state index in [2.05, 4.69) is 4.98 Å². The Hall–Kier alpha value is -1.70. The van der Waals surface area contributed by atoms with E-state index in [-0.39, 0.29) is 10.6 Å². The highest BCUT2D eigenvalue weighted by Crippen LogP contribution is 2.22. The van der Waals surface area contributed by atoms with Gasteiger partial charge < -0.3 is 21.1 Å². The molecule has 0 aromatic carbocycles. The summed E-state index contributed by atoms with van der Waals surface area (Å²) < 4.78 is 0. The molecule has 7 nitrogen and oxygen atoms in total. The molecule has 0 aliphatic heterocycles. The van der Waals surface area contributed by atoms with Crippen molar-refractivity contribution in [1.82, 2.24) is 4.98 Å². The lowest BCUT2D eigenvalue weighted by molar-refractivity contribution is -0.132. The number of primary amides is 1. The lowest BCUT2D eigenvalue weighted by atomic mass is 10.1. The minimum absolute atomic E-state index is 0.00806. The number of amides is 1. The first kappa shape index (κ1) is 13.4. The van der Waals surface area contributed by atoms with Crippen LogP contribution in [-0.2, 0) is 4.79 Å². The van der Waals surface area contributed by atoms with E-state index in [1.807, 2.05) is 0 Å². The Bertz CT molecular complexity index is 465. The monoisotopic (exact) mass is 260 g/mol. The number of nitrogens with zero attached hydrogens (tertiary/aromatic N) is 1. The molecule has 1 aromatic rings. The Labute approximate surface area is 100 Å². The van der Waals surface area contributed by atoms with E-state index in [9.17, 15) is 19.8 Å². The number of carbonyl (C=O) groups is 2. The molecular weight excluding hydrogens is 252 g/mol. The van der Waals surface area contributed by atoms with E-state index in [0.717, 1.165) is 12.3 Å². The number of nitrogens with two attached hydrogens (primary N) is 1. The van der Waals surface area contributed by atoms with Crippen LogP contribution in [0.4, 0.5) is 0 Å². The van der Waals surface area contributed by atoms with Crippen LogP contribution in [0.25, 0.3) is 0 Å². The number of hydrogen-bond acceptors (Lipinski definition) is 5. The highest BCUT2D eigenvalue weighted by atomic mass is 35.5. The van der Waals surface area contributed by atoms with Crippen molar-refractivity contribution < 1.29 is 24.9 Å². The zero-order valence-corrected chi connectivity index (χ0v) is 9.13. The molecule has 1 heterocycles. The molecule has 17 heavy (non-hydrogen) atoms. The topological polar surface area (TPSA) is 134 Å². The van der Waals surface area contributed by atoms with Crippen molar-refractivity contribution in [3.8, 4) is 0 Å². The van der Waals surface area contributed by atoms with Gasteiger partial charge in [0.15, 0.2) is 11.8 Å².